The highest BCUT2D eigenvalue weighted by atomic mass is 16.4. The maximum Gasteiger partial charge on any atom is 0.406 e. The van der Waals surface area contributed by atoms with Crippen LogP contribution < -0.4 is 11.1 Å². The zero-order valence-electron chi connectivity index (χ0n) is 3.01. The average Bonchev–Trinajstić information content (AvgIpc) is 1.35. The fourth-order valence-corrected chi connectivity index (χ4v) is 0.0713. The van der Waals surface area contributed by atoms with Gasteiger partial charge in [-0.25, -0.2) is 4.79 Å². The van der Waals surface area contributed by atoms with Gasteiger partial charge in [0.1, 0.15) is 6.67 Å². The van der Waals surface area contributed by atoms with Gasteiger partial charge in [0, 0.05) is 0 Å². The zero-order valence-corrected chi connectivity index (χ0v) is 3.01. The van der Waals surface area contributed by atoms with Crippen LogP contribution in [0.2, 0.25) is 0 Å². The maximum atomic E-state index is 9.38. The van der Waals surface area contributed by atoms with Gasteiger partial charge in [0.25, 0.3) is 0 Å². The van der Waals surface area contributed by atoms with Crippen molar-refractivity contribution < 1.29 is 9.90 Å². The Morgan fingerprint density at radius 2 is 2.50 bits per heavy atom. The molecule has 0 saturated carbocycles. The second-order valence-electron chi connectivity index (χ2n) is 0.616. The van der Waals surface area contributed by atoms with Crippen LogP contribution >= 0.6 is 0 Å². The van der Waals surface area contributed by atoms with Gasteiger partial charge < -0.3 is 16.2 Å². The summed E-state index contributed by atoms with van der Waals surface area (Å²) in [4.78, 5) is 9.38. The molecule has 35 valence electrons. The molecule has 0 aliphatic rings. The molecule has 0 aromatic heterocycles. The Morgan fingerprint density at radius 1 is 2.00 bits per heavy atom. The number of hydrogen-bond acceptors (Lipinski definition) is 2. The van der Waals surface area contributed by atoms with Gasteiger partial charge in [-0.2, -0.15) is 0 Å². The van der Waals surface area contributed by atoms with Gasteiger partial charge in [-0.3, -0.25) is 0 Å². The highest BCUT2D eigenvalue weighted by Crippen LogP contribution is 1.53. The summed E-state index contributed by atoms with van der Waals surface area (Å²) in [6.07, 6.45) is -1.14. The van der Waals surface area contributed by atoms with E-state index in [0.717, 1.165) is 6.67 Å². The summed E-state index contributed by atoms with van der Waals surface area (Å²) in [5, 5.41) is 9.47. The molecular weight excluding hydrogens is 84.0 g/mol. The Balaban J connectivity index is 2.83. The number of nitrogens with one attached hydrogen (secondary N) is 1. The van der Waals surface area contributed by atoms with Crippen LogP contribution in [0.3, 0.4) is 0 Å². The largest absolute Gasteiger partial charge is 0.465 e. The van der Waals surface area contributed by atoms with E-state index in [4.69, 9.17) is 5.11 Å². The van der Waals surface area contributed by atoms with Crippen molar-refractivity contribution in [3.8, 4) is 0 Å². The molecule has 0 saturated heterocycles. The molecule has 0 aliphatic carbocycles. The summed E-state index contributed by atoms with van der Waals surface area (Å²) in [5.41, 5.74) is 4.61. The van der Waals surface area contributed by atoms with Crippen molar-refractivity contribution in [2.24, 2.45) is 5.73 Å². The van der Waals surface area contributed by atoms with Crippen LogP contribution in [0.15, 0.2) is 0 Å². The summed E-state index contributed by atoms with van der Waals surface area (Å²) in [6, 6.07) is 0. The van der Waals surface area contributed by atoms with Crippen LogP contribution in [0.5, 0.6) is 0 Å². The Morgan fingerprint density at radius 3 is 2.50 bits per heavy atom. The summed E-state index contributed by atoms with van der Waals surface area (Å²) in [5.74, 6) is 0. The van der Waals surface area contributed by atoms with Crippen molar-refractivity contribution in [3.63, 3.8) is 0 Å². The molecule has 0 unspecified atom stereocenters. The van der Waals surface area contributed by atoms with E-state index in [1.807, 2.05) is 0 Å². The molecule has 0 aromatic carbocycles. The lowest BCUT2D eigenvalue weighted by Crippen LogP contribution is -2.21. The molecule has 0 heterocycles. The molecule has 1 radical (unpaired) electrons. The number of hydrogen-bond donors (Lipinski definition) is 3. The van der Waals surface area contributed by atoms with Gasteiger partial charge in [0.2, 0.25) is 0 Å². The van der Waals surface area contributed by atoms with Crippen LogP contribution in [-0.2, 0) is 0 Å². The van der Waals surface area contributed by atoms with Crippen molar-refractivity contribution in [1.29, 1.82) is 0 Å². The van der Waals surface area contributed by atoms with Gasteiger partial charge >= 0.3 is 6.09 Å². The number of nitrogens with two attached hydrogens (primary N) is 1. The van der Waals surface area contributed by atoms with Crippen LogP contribution in [0.4, 0.5) is 4.79 Å². The SMILES string of the molecule is N[CH]NC(=O)O. The number of rotatable bonds is 1. The predicted octanol–water partition coefficient (Wildman–Crippen LogP) is -0.668. The predicted molar refractivity (Wildman–Crippen MR) is 19.6 cm³/mol. The lowest BCUT2D eigenvalue weighted by atomic mass is 11.0. The topological polar surface area (TPSA) is 75.3 Å². The second-order valence-corrected chi connectivity index (χ2v) is 0.616. The third kappa shape index (κ3) is 3.23. The molecule has 0 atom stereocenters. The van der Waals surface area contributed by atoms with E-state index in [1.54, 1.807) is 5.32 Å². The maximum absolute atomic E-state index is 9.38. The molecule has 0 bridgehead atoms. The molecule has 0 aromatic rings. The molecule has 0 fully saturated rings. The highest BCUT2D eigenvalue weighted by molar-refractivity contribution is 5.64. The standard InChI is InChI=1S/C2H5N2O2/c3-1-4-2(5)6/h1,4H,3H2,(H,5,6). The molecule has 0 rings (SSSR count). The smallest absolute Gasteiger partial charge is 0.406 e. The molecule has 0 spiro atoms. The van der Waals surface area contributed by atoms with Gasteiger partial charge in [-0.15, -0.1) is 0 Å². The average molecular weight is 89.1 g/mol. The quantitative estimate of drug-likeness (QED) is 0.399. The second kappa shape index (κ2) is 2.47. The van der Waals surface area contributed by atoms with Crippen molar-refractivity contribution in [3.05, 3.63) is 6.67 Å². The first-order valence-electron chi connectivity index (χ1n) is 1.30. The van der Waals surface area contributed by atoms with Crippen molar-refractivity contribution in [2.45, 2.75) is 0 Å². The normalized spacial score (nSPS) is 7.50. The summed E-state index contributed by atoms with van der Waals surface area (Å²) >= 11 is 0. The van der Waals surface area contributed by atoms with Crippen LogP contribution in [0.1, 0.15) is 0 Å². The summed E-state index contributed by atoms with van der Waals surface area (Å²) in [7, 11) is 0. The van der Waals surface area contributed by atoms with Crippen molar-refractivity contribution >= 4 is 6.09 Å². The first-order valence-corrected chi connectivity index (χ1v) is 1.30. The van der Waals surface area contributed by atoms with E-state index < -0.39 is 6.09 Å². The minimum absolute atomic E-state index is 0.850. The summed E-state index contributed by atoms with van der Waals surface area (Å²) in [6.45, 7) is 0.850. The molecule has 6 heavy (non-hydrogen) atoms. The van der Waals surface area contributed by atoms with E-state index in [0.29, 0.717) is 0 Å². The fraction of sp³-hybridized carbons (Fsp3) is 0. The van der Waals surface area contributed by atoms with Crippen molar-refractivity contribution in [1.82, 2.24) is 5.32 Å². The van der Waals surface area contributed by atoms with Gasteiger partial charge in [-0.1, -0.05) is 0 Å². The van der Waals surface area contributed by atoms with E-state index in [9.17, 15) is 4.79 Å². The van der Waals surface area contributed by atoms with Gasteiger partial charge in [-0.05, 0) is 0 Å². The monoisotopic (exact) mass is 89.0 g/mol. The molecule has 4 nitrogen and oxygen atoms in total. The third-order valence-electron chi connectivity index (χ3n) is 0.207. The Kier molecular flexibility index (Phi) is 2.15. The molecule has 0 aliphatic heterocycles. The highest BCUT2D eigenvalue weighted by Gasteiger charge is 1.83. The van der Waals surface area contributed by atoms with Crippen molar-refractivity contribution in [2.75, 3.05) is 0 Å². The summed E-state index contributed by atoms with van der Waals surface area (Å²) < 4.78 is 0. The lowest BCUT2D eigenvalue weighted by Gasteiger charge is -1.86. The lowest BCUT2D eigenvalue weighted by molar-refractivity contribution is 0.197. The first kappa shape index (κ1) is 5.23. The van der Waals surface area contributed by atoms with Crippen LogP contribution in [0.25, 0.3) is 0 Å². The number of amides is 1. The minimum Gasteiger partial charge on any atom is -0.465 e. The minimum atomic E-state index is -1.14. The zero-order chi connectivity index (χ0) is 4.99. The fourth-order valence-electron chi connectivity index (χ4n) is 0.0713. The van der Waals surface area contributed by atoms with Crippen LogP contribution in [-0.4, -0.2) is 11.2 Å². The van der Waals surface area contributed by atoms with E-state index in [2.05, 4.69) is 5.73 Å². The van der Waals surface area contributed by atoms with E-state index in [1.165, 1.54) is 0 Å². The molecule has 1 amide bonds. The molecular formula is C2H5N2O2. The van der Waals surface area contributed by atoms with Crippen LogP contribution in [0, 0.1) is 6.67 Å². The van der Waals surface area contributed by atoms with Gasteiger partial charge in [0.05, 0.1) is 0 Å². The van der Waals surface area contributed by atoms with Gasteiger partial charge in [0.15, 0.2) is 0 Å². The molecule has 4 heteroatoms. The Bertz CT molecular complexity index is 53.5. The molecule has 4 N–H and O–H groups in total. The Hall–Kier alpha value is -0.770. The number of carboxylic acid groups (broad SMARTS) is 1. The van der Waals surface area contributed by atoms with E-state index >= 15 is 0 Å². The number of carbonyl (C=O) groups is 1. The Labute approximate surface area is 34.9 Å². The third-order valence-corrected chi connectivity index (χ3v) is 0.207. The van der Waals surface area contributed by atoms with E-state index in [-0.39, 0.29) is 0 Å². The first-order chi connectivity index (χ1) is 2.77.